The Labute approximate surface area is 213 Å². The molecule has 11 heteroatoms. The summed E-state index contributed by atoms with van der Waals surface area (Å²) >= 11 is -0.0616. The summed E-state index contributed by atoms with van der Waals surface area (Å²) in [6.45, 7) is 16.3. The summed E-state index contributed by atoms with van der Waals surface area (Å²) in [4.78, 5) is 0.0727. The fourth-order valence-corrected chi connectivity index (χ4v) is 9.69. The molecule has 0 unspecified atom stereocenters. The van der Waals surface area contributed by atoms with E-state index in [-0.39, 0.29) is 61.2 Å². The third-order valence-electron chi connectivity index (χ3n) is 7.16. The number of rotatable bonds is 4. The molecule has 0 amide bonds. The topological polar surface area (TPSA) is 92.3 Å². The molecule has 0 bridgehead atoms. The van der Waals surface area contributed by atoms with Crippen molar-refractivity contribution in [1.29, 1.82) is 0 Å². The number of ether oxygens (including phenoxy) is 10. The van der Waals surface area contributed by atoms with Crippen molar-refractivity contribution in [3.63, 3.8) is 0 Å². The van der Waals surface area contributed by atoms with Gasteiger partial charge in [-0.2, -0.15) is 0 Å². The first-order valence-corrected chi connectivity index (χ1v) is 14.5. The summed E-state index contributed by atoms with van der Waals surface area (Å²) in [6.07, 6.45) is -2.21. The van der Waals surface area contributed by atoms with Crippen LogP contribution < -0.4 is 0 Å². The zero-order valence-corrected chi connectivity index (χ0v) is 23.4. The van der Waals surface area contributed by atoms with Crippen LogP contribution in [0, 0.1) is 0 Å². The van der Waals surface area contributed by atoms with E-state index >= 15 is 0 Å². The minimum absolute atomic E-state index is 0.0364. The third-order valence-corrected chi connectivity index (χ3v) is 10.7. The van der Waals surface area contributed by atoms with Crippen LogP contribution in [0.15, 0.2) is 0 Å². The van der Waals surface area contributed by atoms with Crippen molar-refractivity contribution in [1.82, 2.24) is 0 Å². The van der Waals surface area contributed by atoms with E-state index in [1.54, 1.807) is 0 Å². The Balaban J connectivity index is 1.28. The van der Waals surface area contributed by atoms with E-state index in [4.69, 9.17) is 47.4 Å². The summed E-state index contributed by atoms with van der Waals surface area (Å²) in [5.74, 6) is -2.73. The minimum atomic E-state index is -0.712. The monoisotopic (exact) mass is 566 g/mol. The summed E-state index contributed by atoms with van der Waals surface area (Å²) < 4.78 is 62.2. The summed E-state index contributed by atoms with van der Waals surface area (Å²) in [5.41, 5.74) is 0. The summed E-state index contributed by atoms with van der Waals surface area (Å²) in [5, 5.41) is 0. The Morgan fingerprint density at radius 3 is 1.23 bits per heavy atom. The van der Waals surface area contributed by atoms with Crippen molar-refractivity contribution in [2.24, 2.45) is 0 Å². The van der Waals surface area contributed by atoms with Gasteiger partial charge in [-0.15, -0.1) is 0 Å². The van der Waals surface area contributed by atoms with Gasteiger partial charge < -0.3 is 0 Å². The first kappa shape index (κ1) is 25.4. The second kappa shape index (κ2) is 8.31. The quantitative estimate of drug-likeness (QED) is 0.473. The van der Waals surface area contributed by atoms with Gasteiger partial charge in [0.1, 0.15) is 0 Å². The molecule has 10 nitrogen and oxygen atoms in total. The van der Waals surface area contributed by atoms with Crippen LogP contribution >= 0.6 is 0 Å². The molecular weight excluding hydrogens is 527 g/mol. The Morgan fingerprint density at radius 2 is 0.886 bits per heavy atom. The van der Waals surface area contributed by atoms with E-state index < -0.39 is 35.7 Å². The van der Waals surface area contributed by atoms with E-state index in [1.807, 2.05) is 55.4 Å². The SMILES string of the molecule is CC1(C)O[C@H]2O[C@H]([C@H]3COC(C)(C)O3)[C@H]([Se][C@@H]3[C@H]4OC(C)(C)O[C@H]4O[C@@H]3[C@H]3COC(C)(C)O3)[C@H]2O1. The van der Waals surface area contributed by atoms with Gasteiger partial charge in [-0.05, 0) is 0 Å². The Bertz CT molecular complexity index is 767. The van der Waals surface area contributed by atoms with Gasteiger partial charge in [0.05, 0.1) is 0 Å². The molecule has 6 rings (SSSR count). The summed E-state index contributed by atoms with van der Waals surface area (Å²) in [7, 11) is 0. The molecule has 6 fully saturated rings. The van der Waals surface area contributed by atoms with Gasteiger partial charge in [-0.25, -0.2) is 0 Å². The van der Waals surface area contributed by atoms with Crippen LogP contribution in [-0.2, 0) is 47.4 Å². The summed E-state index contributed by atoms with van der Waals surface area (Å²) in [6, 6.07) is 0. The standard InChI is InChI=1S/C24H38O10Se/c1-21(2)25-9-11(29-21)13-17(15-19(27-13)33-23(5,6)31-15)35-18-14(12-10-26-22(3,4)30-12)28-20-16(18)32-24(7,8)34-20/h11-20H,9-10H2,1-8H3/t11-,12-,13-,14-,15-,16-,17+,18+,19-,20-/m1/s1. The Morgan fingerprint density at radius 1 is 0.486 bits per heavy atom. The van der Waals surface area contributed by atoms with Gasteiger partial charge in [-0.1, -0.05) is 0 Å². The molecule has 35 heavy (non-hydrogen) atoms. The second-order valence-electron chi connectivity index (χ2n) is 11.9. The number of fused-ring (bicyclic) bond motifs is 2. The van der Waals surface area contributed by atoms with Crippen LogP contribution in [0.4, 0.5) is 0 Å². The van der Waals surface area contributed by atoms with Gasteiger partial charge in [-0.3, -0.25) is 0 Å². The molecular formula is C24H38O10Se. The number of hydrogen-bond acceptors (Lipinski definition) is 10. The van der Waals surface area contributed by atoms with E-state index in [9.17, 15) is 0 Å². The average Bonchev–Trinajstić information content (AvgIpc) is 3.50. The third kappa shape index (κ3) is 4.75. The average molecular weight is 566 g/mol. The molecule has 0 saturated carbocycles. The normalized spacial score (nSPS) is 51.1. The predicted octanol–water partition coefficient (Wildman–Crippen LogP) is 2.32. The molecule has 0 aliphatic carbocycles. The van der Waals surface area contributed by atoms with Crippen molar-refractivity contribution < 1.29 is 47.4 Å². The van der Waals surface area contributed by atoms with Gasteiger partial charge in [0.2, 0.25) is 0 Å². The Kier molecular flexibility index (Phi) is 6.03. The molecule has 0 aromatic heterocycles. The van der Waals surface area contributed by atoms with Gasteiger partial charge >= 0.3 is 213 Å². The molecule has 10 atom stereocenters. The number of hydrogen-bond donors (Lipinski definition) is 0. The van der Waals surface area contributed by atoms with Crippen LogP contribution in [0.1, 0.15) is 55.4 Å². The van der Waals surface area contributed by atoms with Crippen molar-refractivity contribution in [3.8, 4) is 0 Å². The molecule has 0 aromatic rings. The van der Waals surface area contributed by atoms with Crippen molar-refractivity contribution >= 4 is 15.0 Å². The van der Waals surface area contributed by atoms with E-state index in [1.165, 1.54) is 0 Å². The maximum absolute atomic E-state index is 6.46. The van der Waals surface area contributed by atoms with E-state index in [0.717, 1.165) is 0 Å². The van der Waals surface area contributed by atoms with E-state index in [0.29, 0.717) is 13.2 Å². The van der Waals surface area contributed by atoms with Crippen molar-refractivity contribution in [3.05, 3.63) is 0 Å². The second-order valence-corrected chi connectivity index (χ2v) is 14.8. The Hall–Kier alpha value is 0.119. The first-order valence-electron chi connectivity index (χ1n) is 12.5. The van der Waals surface area contributed by atoms with Crippen LogP contribution in [-0.4, -0.2) is 101 Å². The molecule has 200 valence electrons. The molecule has 6 aliphatic heterocycles. The predicted molar refractivity (Wildman–Crippen MR) is 120 cm³/mol. The first-order chi connectivity index (χ1) is 16.2. The van der Waals surface area contributed by atoms with E-state index in [2.05, 4.69) is 0 Å². The van der Waals surface area contributed by atoms with Crippen molar-refractivity contribution in [2.45, 2.75) is 137 Å². The van der Waals surface area contributed by atoms with Gasteiger partial charge in [0.15, 0.2) is 0 Å². The van der Waals surface area contributed by atoms with Gasteiger partial charge in [0, 0.05) is 0 Å². The van der Waals surface area contributed by atoms with Crippen LogP contribution in [0.25, 0.3) is 0 Å². The zero-order chi connectivity index (χ0) is 25.0. The molecule has 0 N–H and O–H groups in total. The molecule has 6 aliphatic rings. The maximum atomic E-state index is 6.46. The van der Waals surface area contributed by atoms with Crippen molar-refractivity contribution in [2.75, 3.05) is 13.2 Å². The van der Waals surface area contributed by atoms with Crippen LogP contribution in [0.3, 0.4) is 0 Å². The fourth-order valence-electron chi connectivity index (χ4n) is 5.85. The van der Waals surface area contributed by atoms with Gasteiger partial charge in [0.25, 0.3) is 0 Å². The molecule has 6 heterocycles. The van der Waals surface area contributed by atoms with Crippen LogP contribution in [0.5, 0.6) is 0 Å². The molecule has 6 saturated heterocycles. The molecule has 0 spiro atoms. The zero-order valence-electron chi connectivity index (χ0n) is 21.7. The molecule has 0 radical (unpaired) electrons. The van der Waals surface area contributed by atoms with Crippen LogP contribution in [0.2, 0.25) is 9.63 Å². The molecule has 0 aromatic carbocycles. The fraction of sp³-hybridized carbons (Fsp3) is 1.00.